The monoisotopic (exact) mass is 639 g/mol. The van der Waals surface area contributed by atoms with Gasteiger partial charge in [-0.1, -0.05) is 12.1 Å². The zero-order valence-electron chi connectivity index (χ0n) is 23.3. The highest BCUT2D eigenvalue weighted by molar-refractivity contribution is 6.00. The summed E-state index contributed by atoms with van der Waals surface area (Å²) in [5.74, 6) is -9.18. The van der Waals surface area contributed by atoms with Crippen molar-refractivity contribution in [1.29, 1.82) is 0 Å². The minimum absolute atomic E-state index is 0.0844. The van der Waals surface area contributed by atoms with E-state index in [4.69, 9.17) is 5.73 Å². The number of aromatic nitrogens is 2. The molecular weight excluding hydrogens is 614 g/mol. The summed E-state index contributed by atoms with van der Waals surface area (Å²) >= 11 is 0. The maximum absolute atomic E-state index is 14.6. The number of carbonyl (C=O) groups excluding carboxylic acids is 2. The standard InChI is InChI=1S/C30H25F8N5O2/c31-17-9-15(10-18(32)13-17)11-22(26-19(3-2-8-40-26)16-5-6-21(33)20(12-16)28(39)45)41-24(44)14-43-23-4-1-7-29(34,35)25(23)27(42-43)30(36,37)38/h2,5-6,8-10,12-13,19,22H,1,3-4,7,11,14H2,(H2,39,45)(H,41,44)/t19?,22-/m0/s1. The summed E-state index contributed by atoms with van der Waals surface area (Å²) in [7, 11) is 0. The molecule has 2 heterocycles. The van der Waals surface area contributed by atoms with Crippen LogP contribution in [0, 0.1) is 17.5 Å². The Morgan fingerprint density at radius 2 is 1.80 bits per heavy atom. The number of primary amides is 1. The third kappa shape index (κ3) is 6.76. The van der Waals surface area contributed by atoms with Crippen molar-refractivity contribution < 1.29 is 44.7 Å². The number of carbonyl (C=O) groups is 2. The largest absolute Gasteiger partial charge is 0.435 e. The second-order valence-electron chi connectivity index (χ2n) is 10.8. The number of fused-ring (bicyclic) bond motifs is 1. The molecule has 0 spiro atoms. The van der Waals surface area contributed by atoms with Gasteiger partial charge in [0.1, 0.15) is 24.0 Å². The molecule has 0 bridgehead atoms. The van der Waals surface area contributed by atoms with Crippen molar-refractivity contribution in [2.24, 2.45) is 10.7 Å². The van der Waals surface area contributed by atoms with Gasteiger partial charge >= 0.3 is 6.18 Å². The number of allylic oxidation sites excluding steroid dienone is 1. The quantitative estimate of drug-likeness (QED) is 0.309. The molecule has 2 aromatic carbocycles. The van der Waals surface area contributed by atoms with E-state index in [1.54, 1.807) is 6.08 Å². The molecule has 238 valence electrons. The molecule has 1 unspecified atom stereocenters. The molecule has 1 aliphatic heterocycles. The van der Waals surface area contributed by atoms with E-state index in [1.165, 1.54) is 18.3 Å². The highest BCUT2D eigenvalue weighted by Crippen LogP contribution is 2.46. The summed E-state index contributed by atoms with van der Waals surface area (Å²) in [6, 6.07) is 5.13. The lowest BCUT2D eigenvalue weighted by Gasteiger charge is -2.29. The van der Waals surface area contributed by atoms with E-state index in [0.717, 1.165) is 18.2 Å². The first kappa shape index (κ1) is 31.9. The molecule has 2 amide bonds. The molecule has 1 aromatic heterocycles. The van der Waals surface area contributed by atoms with Gasteiger partial charge in [-0.2, -0.15) is 18.3 Å². The van der Waals surface area contributed by atoms with Crippen LogP contribution in [0.4, 0.5) is 35.1 Å². The summed E-state index contributed by atoms with van der Waals surface area (Å²) in [4.78, 5) is 29.5. The fraction of sp³-hybridized carbons (Fsp3) is 0.333. The summed E-state index contributed by atoms with van der Waals surface area (Å²) in [6.07, 6.45) is -3.27. The topological polar surface area (TPSA) is 102 Å². The second-order valence-corrected chi connectivity index (χ2v) is 10.8. The van der Waals surface area contributed by atoms with Crippen molar-refractivity contribution >= 4 is 17.5 Å². The Kier molecular flexibility index (Phi) is 8.55. The van der Waals surface area contributed by atoms with Crippen LogP contribution in [0.3, 0.4) is 0 Å². The van der Waals surface area contributed by atoms with E-state index >= 15 is 0 Å². The molecular formula is C30H25F8N5O2. The van der Waals surface area contributed by atoms with E-state index in [1.807, 2.05) is 0 Å². The minimum atomic E-state index is -5.20. The summed E-state index contributed by atoms with van der Waals surface area (Å²) in [5, 5.41) is 5.96. The number of nitrogens with zero attached hydrogens (tertiary/aromatic N) is 3. The van der Waals surface area contributed by atoms with E-state index in [9.17, 15) is 44.7 Å². The molecule has 0 saturated heterocycles. The zero-order chi connectivity index (χ0) is 32.7. The predicted molar refractivity (Wildman–Crippen MR) is 145 cm³/mol. The molecule has 0 saturated carbocycles. The van der Waals surface area contributed by atoms with Crippen LogP contribution < -0.4 is 11.1 Å². The average molecular weight is 640 g/mol. The number of amides is 2. The molecule has 0 fully saturated rings. The number of benzene rings is 2. The molecule has 0 radical (unpaired) electrons. The van der Waals surface area contributed by atoms with Gasteiger partial charge in [-0.05, 0) is 61.1 Å². The molecule has 2 atom stereocenters. The molecule has 45 heavy (non-hydrogen) atoms. The average Bonchev–Trinajstić information content (AvgIpc) is 3.32. The smallest absolute Gasteiger partial charge is 0.366 e. The van der Waals surface area contributed by atoms with E-state index in [2.05, 4.69) is 15.4 Å². The summed E-state index contributed by atoms with van der Waals surface area (Å²) < 4.78 is 113. The van der Waals surface area contributed by atoms with Gasteiger partial charge in [0.2, 0.25) is 5.91 Å². The number of hydrogen-bond donors (Lipinski definition) is 2. The number of nitrogens with one attached hydrogen (secondary N) is 1. The van der Waals surface area contributed by atoms with Crippen LogP contribution >= 0.6 is 0 Å². The number of alkyl halides is 5. The van der Waals surface area contributed by atoms with Gasteiger partial charge in [-0.15, -0.1) is 0 Å². The zero-order valence-corrected chi connectivity index (χ0v) is 23.3. The van der Waals surface area contributed by atoms with Gasteiger partial charge in [0.15, 0.2) is 5.69 Å². The van der Waals surface area contributed by atoms with Gasteiger partial charge < -0.3 is 11.1 Å². The number of aliphatic imine (C=N–C) groups is 1. The normalized spacial score (nSPS) is 18.2. The van der Waals surface area contributed by atoms with Crippen molar-refractivity contribution in [2.75, 3.05) is 0 Å². The van der Waals surface area contributed by atoms with Crippen molar-refractivity contribution in [3.05, 3.63) is 99.8 Å². The minimum Gasteiger partial charge on any atom is -0.366 e. The Balaban J connectivity index is 1.51. The van der Waals surface area contributed by atoms with Crippen LogP contribution in [-0.2, 0) is 36.3 Å². The van der Waals surface area contributed by atoms with Gasteiger partial charge in [-0.3, -0.25) is 19.3 Å². The van der Waals surface area contributed by atoms with E-state index in [0.29, 0.717) is 16.3 Å². The fourth-order valence-electron chi connectivity index (χ4n) is 5.77. The van der Waals surface area contributed by atoms with Crippen LogP contribution in [-0.4, -0.2) is 33.3 Å². The predicted octanol–water partition coefficient (Wildman–Crippen LogP) is 5.72. The van der Waals surface area contributed by atoms with E-state index in [-0.39, 0.29) is 37.0 Å². The Labute approximate surface area is 250 Å². The number of hydrogen-bond acceptors (Lipinski definition) is 4. The van der Waals surface area contributed by atoms with Crippen LogP contribution in [0.25, 0.3) is 0 Å². The molecule has 3 aromatic rings. The fourth-order valence-corrected chi connectivity index (χ4v) is 5.77. The lowest BCUT2D eigenvalue weighted by molar-refractivity contribution is -0.146. The SMILES string of the molecule is NC(=O)c1cc(C2CC=CN=C2[C@H](Cc2cc(F)cc(F)c2)NC(=O)Cn2nc(C(F)(F)F)c3c2CCCC3(F)F)ccc1F. The van der Waals surface area contributed by atoms with Crippen LogP contribution in [0.1, 0.15) is 63.6 Å². The first-order chi connectivity index (χ1) is 21.1. The Hall–Kier alpha value is -4.56. The number of nitrogens with two attached hydrogens (primary N) is 1. The van der Waals surface area contributed by atoms with Crippen molar-refractivity contribution in [1.82, 2.24) is 15.1 Å². The number of rotatable bonds is 8. The van der Waals surface area contributed by atoms with Crippen molar-refractivity contribution in [3.8, 4) is 0 Å². The Morgan fingerprint density at radius 1 is 1.09 bits per heavy atom. The molecule has 1 aliphatic carbocycles. The second kappa shape index (κ2) is 12.1. The van der Waals surface area contributed by atoms with E-state index < -0.39 is 88.8 Å². The maximum Gasteiger partial charge on any atom is 0.435 e. The van der Waals surface area contributed by atoms with Gasteiger partial charge in [0.05, 0.1) is 17.2 Å². The lowest BCUT2D eigenvalue weighted by atomic mass is 9.83. The summed E-state index contributed by atoms with van der Waals surface area (Å²) in [6.45, 7) is -0.876. The molecule has 15 heteroatoms. The Bertz CT molecular complexity index is 1690. The highest BCUT2D eigenvalue weighted by Gasteiger charge is 2.50. The van der Waals surface area contributed by atoms with Crippen molar-refractivity contribution in [2.45, 2.75) is 62.7 Å². The Morgan fingerprint density at radius 3 is 2.47 bits per heavy atom. The third-order valence-corrected chi connectivity index (χ3v) is 7.66. The first-order valence-corrected chi connectivity index (χ1v) is 13.8. The first-order valence-electron chi connectivity index (χ1n) is 13.8. The van der Waals surface area contributed by atoms with Crippen LogP contribution in [0.15, 0.2) is 53.7 Å². The summed E-state index contributed by atoms with van der Waals surface area (Å²) in [5.41, 5.74) is 2.10. The lowest BCUT2D eigenvalue weighted by Crippen LogP contribution is -2.46. The van der Waals surface area contributed by atoms with Gasteiger partial charge in [0, 0.05) is 36.0 Å². The third-order valence-electron chi connectivity index (χ3n) is 7.66. The molecule has 5 rings (SSSR count). The van der Waals surface area contributed by atoms with Gasteiger partial charge in [0.25, 0.3) is 11.8 Å². The molecule has 2 aliphatic rings. The maximum atomic E-state index is 14.6. The number of halogens is 8. The highest BCUT2D eigenvalue weighted by atomic mass is 19.4. The molecule has 3 N–H and O–H groups in total. The van der Waals surface area contributed by atoms with Crippen LogP contribution in [0.2, 0.25) is 0 Å². The van der Waals surface area contributed by atoms with Crippen LogP contribution in [0.5, 0.6) is 0 Å². The molecule has 7 nitrogen and oxygen atoms in total. The van der Waals surface area contributed by atoms with Gasteiger partial charge in [-0.25, -0.2) is 22.0 Å². The van der Waals surface area contributed by atoms with Crippen molar-refractivity contribution in [3.63, 3.8) is 0 Å².